The highest BCUT2D eigenvalue weighted by molar-refractivity contribution is 5.78. The van der Waals surface area contributed by atoms with Crippen LogP contribution in [0.4, 0.5) is 0 Å². The fourth-order valence-corrected chi connectivity index (χ4v) is 3.80. The number of likely N-dealkylation sites (tertiary alicyclic amines) is 1. The van der Waals surface area contributed by atoms with Crippen molar-refractivity contribution in [2.24, 2.45) is 0 Å². The fraction of sp³-hybridized carbons (Fsp3) is 0.381. The third kappa shape index (κ3) is 4.17. The molecule has 6 heteroatoms. The van der Waals surface area contributed by atoms with E-state index in [0.717, 1.165) is 36.1 Å². The summed E-state index contributed by atoms with van der Waals surface area (Å²) in [5, 5.41) is 7.67. The van der Waals surface area contributed by atoms with E-state index in [9.17, 15) is 4.79 Å². The highest BCUT2D eigenvalue weighted by Gasteiger charge is 2.23. The molecule has 0 spiro atoms. The molecule has 4 rings (SSSR count). The second-order valence-electron chi connectivity index (χ2n) is 7.32. The average Bonchev–Trinajstić information content (AvgIpc) is 3.16. The summed E-state index contributed by atoms with van der Waals surface area (Å²) in [6.07, 6.45) is 2.32. The number of carbonyl (C=O) groups excluding carboxylic acids is 1. The van der Waals surface area contributed by atoms with Gasteiger partial charge in [-0.05, 0) is 58.9 Å². The van der Waals surface area contributed by atoms with Gasteiger partial charge in [-0.1, -0.05) is 36.4 Å². The molecule has 1 aliphatic rings. The van der Waals surface area contributed by atoms with Gasteiger partial charge in [0.05, 0.1) is 6.54 Å². The van der Waals surface area contributed by atoms with Crippen LogP contribution in [0.25, 0.3) is 11.0 Å². The molecule has 0 unspecified atom stereocenters. The minimum absolute atomic E-state index is 0.141. The average molecular weight is 364 g/mol. The first-order valence-electron chi connectivity index (χ1n) is 9.41. The Morgan fingerprint density at radius 2 is 2.00 bits per heavy atom. The molecule has 6 nitrogen and oxygen atoms in total. The molecule has 1 atom stereocenters. The fourth-order valence-electron chi connectivity index (χ4n) is 3.80. The van der Waals surface area contributed by atoms with Crippen LogP contribution in [0.5, 0.6) is 0 Å². The van der Waals surface area contributed by atoms with E-state index in [1.54, 1.807) is 4.90 Å². The first-order chi connectivity index (χ1) is 13.2. The molecule has 0 bridgehead atoms. The Kier molecular flexibility index (Phi) is 5.16. The highest BCUT2D eigenvalue weighted by Crippen LogP contribution is 2.26. The van der Waals surface area contributed by atoms with Crippen molar-refractivity contribution < 1.29 is 9.42 Å². The number of fused-ring (bicyclic) bond motifs is 1. The summed E-state index contributed by atoms with van der Waals surface area (Å²) in [4.78, 5) is 16.8. The summed E-state index contributed by atoms with van der Waals surface area (Å²) >= 11 is 0. The standard InChI is InChI=1S/C21H24N4O2/c1-24(13-16-9-10-19-20(12-16)23-27-22-19)21(26)15-25-11-5-8-18(14-25)17-6-3-2-4-7-17/h2-4,6-7,9-10,12,18H,5,8,11,13-15H2,1H3/t18-/m0/s1. The molecule has 1 saturated heterocycles. The Balaban J connectivity index is 1.34. The second-order valence-corrected chi connectivity index (χ2v) is 7.32. The molecule has 1 fully saturated rings. The maximum absolute atomic E-state index is 12.7. The molecule has 0 N–H and O–H groups in total. The number of benzene rings is 2. The predicted octanol–water partition coefficient (Wildman–Crippen LogP) is 3.06. The van der Waals surface area contributed by atoms with Crippen molar-refractivity contribution >= 4 is 16.9 Å². The maximum atomic E-state index is 12.7. The lowest BCUT2D eigenvalue weighted by Crippen LogP contribution is -2.42. The van der Waals surface area contributed by atoms with Crippen LogP contribution < -0.4 is 0 Å². The van der Waals surface area contributed by atoms with Crippen LogP contribution in [-0.4, -0.2) is 52.7 Å². The minimum atomic E-state index is 0.141. The number of amides is 1. The Labute approximate surface area is 158 Å². The number of rotatable bonds is 5. The van der Waals surface area contributed by atoms with Gasteiger partial charge in [-0.3, -0.25) is 9.69 Å². The van der Waals surface area contributed by atoms with Crippen LogP contribution in [0, 0.1) is 0 Å². The lowest BCUT2D eigenvalue weighted by molar-refractivity contribution is -0.131. The minimum Gasteiger partial charge on any atom is -0.340 e. The number of aromatic nitrogens is 2. The van der Waals surface area contributed by atoms with Gasteiger partial charge in [-0.25, -0.2) is 4.63 Å². The van der Waals surface area contributed by atoms with Crippen molar-refractivity contribution in [1.29, 1.82) is 0 Å². The number of nitrogens with zero attached hydrogens (tertiary/aromatic N) is 4. The lowest BCUT2D eigenvalue weighted by atomic mass is 9.91. The Morgan fingerprint density at radius 3 is 2.85 bits per heavy atom. The van der Waals surface area contributed by atoms with E-state index < -0.39 is 0 Å². The number of carbonyl (C=O) groups is 1. The zero-order chi connectivity index (χ0) is 18.6. The first kappa shape index (κ1) is 17.7. The van der Waals surface area contributed by atoms with Gasteiger partial charge in [0.1, 0.15) is 11.0 Å². The zero-order valence-electron chi connectivity index (χ0n) is 15.5. The van der Waals surface area contributed by atoms with Gasteiger partial charge in [0, 0.05) is 20.1 Å². The van der Waals surface area contributed by atoms with Crippen LogP contribution in [0.3, 0.4) is 0 Å². The van der Waals surface area contributed by atoms with Crippen LogP contribution in [0.15, 0.2) is 53.2 Å². The van der Waals surface area contributed by atoms with Crippen LogP contribution in [0.2, 0.25) is 0 Å². The largest absolute Gasteiger partial charge is 0.340 e. The first-order valence-corrected chi connectivity index (χ1v) is 9.41. The molecular formula is C21H24N4O2. The van der Waals surface area contributed by atoms with Crippen molar-refractivity contribution in [1.82, 2.24) is 20.1 Å². The lowest BCUT2D eigenvalue weighted by Gasteiger charge is -2.33. The monoisotopic (exact) mass is 364 g/mol. The molecule has 1 amide bonds. The molecule has 0 aliphatic carbocycles. The molecule has 1 aromatic heterocycles. The third-order valence-corrected chi connectivity index (χ3v) is 5.30. The van der Waals surface area contributed by atoms with E-state index in [4.69, 9.17) is 4.63 Å². The van der Waals surface area contributed by atoms with Crippen molar-refractivity contribution in [3.8, 4) is 0 Å². The van der Waals surface area contributed by atoms with E-state index in [0.29, 0.717) is 19.0 Å². The zero-order valence-corrected chi connectivity index (χ0v) is 15.5. The Morgan fingerprint density at radius 1 is 1.19 bits per heavy atom. The van der Waals surface area contributed by atoms with Crippen LogP contribution in [0.1, 0.15) is 29.9 Å². The molecule has 0 radical (unpaired) electrons. The number of piperidine rings is 1. The molecule has 0 saturated carbocycles. The smallest absolute Gasteiger partial charge is 0.236 e. The maximum Gasteiger partial charge on any atom is 0.236 e. The number of hydrogen-bond acceptors (Lipinski definition) is 5. The van der Waals surface area contributed by atoms with Crippen molar-refractivity contribution in [2.75, 3.05) is 26.7 Å². The topological polar surface area (TPSA) is 62.5 Å². The number of likely N-dealkylation sites (N-methyl/N-ethyl adjacent to an activating group) is 1. The quantitative estimate of drug-likeness (QED) is 0.696. The molecule has 2 aromatic carbocycles. The normalized spacial score (nSPS) is 17.9. The molecular weight excluding hydrogens is 340 g/mol. The summed E-state index contributed by atoms with van der Waals surface area (Å²) in [5.74, 6) is 0.655. The highest BCUT2D eigenvalue weighted by atomic mass is 16.6. The van der Waals surface area contributed by atoms with E-state index in [1.807, 2.05) is 25.2 Å². The molecule has 140 valence electrons. The third-order valence-electron chi connectivity index (χ3n) is 5.30. The van der Waals surface area contributed by atoms with E-state index >= 15 is 0 Å². The summed E-state index contributed by atoms with van der Waals surface area (Å²) in [5.41, 5.74) is 3.84. The summed E-state index contributed by atoms with van der Waals surface area (Å²) in [7, 11) is 1.85. The van der Waals surface area contributed by atoms with Gasteiger partial charge < -0.3 is 4.90 Å². The summed E-state index contributed by atoms with van der Waals surface area (Å²) in [6.45, 7) is 2.95. The van der Waals surface area contributed by atoms with Crippen LogP contribution >= 0.6 is 0 Å². The summed E-state index contributed by atoms with van der Waals surface area (Å²) < 4.78 is 4.73. The molecule has 2 heterocycles. The van der Waals surface area contributed by atoms with Gasteiger partial charge in [0.25, 0.3) is 0 Å². The van der Waals surface area contributed by atoms with Gasteiger partial charge in [-0.15, -0.1) is 0 Å². The van der Waals surface area contributed by atoms with Gasteiger partial charge in [0.2, 0.25) is 5.91 Å². The van der Waals surface area contributed by atoms with Crippen LogP contribution in [-0.2, 0) is 11.3 Å². The van der Waals surface area contributed by atoms with E-state index in [-0.39, 0.29) is 5.91 Å². The Hall–Kier alpha value is -2.73. The molecule has 1 aliphatic heterocycles. The van der Waals surface area contributed by atoms with E-state index in [2.05, 4.69) is 45.5 Å². The SMILES string of the molecule is CN(Cc1ccc2nonc2c1)C(=O)CN1CCC[C@H](c2ccccc2)C1. The number of hydrogen-bond donors (Lipinski definition) is 0. The molecule has 3 aromatic rings. The van der Waals surface area contributed by atoms with Gasteiger partial charge in [-0.2, -0.15) is 0 Å². The predicted molar refractivity (Wildman–Crippen MR) is 103 cm³/mol. The second kappa shape index (κ2) is 7.88. The Bertz CT molecular complexity index is 909. The van der Waals surface area contributed by atoms with Crippen molar-refractivity contribution in [3.05, 3.63) is 59.7 Å². The van der Waals surface area contributed by atoms with Crippen molar-refractivity contribution in [3.63, 3.8) is 0 Å². The van der Waals surface area contributed by atoms with E-state index in [1.165, 1.54) is 12.0 Å². The summed E-state index contributed by atoms with van der Waals surface area (Å²) in [6, 6.07) is 16.4. The van der Waals surface area contributed by atoms with Gasteiger partial charge in [0.15, 0.2) is 0 Å². The van der Waals surface area contributed by atoms with Crippen molar-refractivity contribution in [2.45, 2.75) is 25.3 Å². The molecule has 27 heavy (non-hydrogen) atoms. The van der Waals surface area contributed by atoms with Gasteiger partial charge >= 0.3 is 0 Å².